The van der Waals surface area contributed by atoms with Gasteiger partial charge in [-0.1, -0.05) is 11.6 Å². The number of methoxy groups -OCH3 is 1. The first-order valence-corrected chi connectivity index (χ1v) is 5.13. The summed E-state index contributed by atoms with van der Waals surface area (Å²) in [4.78, 5) is 11.3. The molecule has 1 aliphatic rings. The van der Waals surface area contributed by atoms with Crippen LogP contribution in [0.4, 0.5) is 0 Å². The molecule has 4 heteroatoms. The molecule has 0 N–H and O–H groups in total. The summed E-state index contributed by atoms with van der Waals surface area (Å²) in [5, 5.41) is 0.443. The third-order valence-electron chi connectivity index (χ3n) is 2.25. The molecule has 0 saturated heterocycles. The van der Waals surface area contributed by atoms with Crippen molar-refractivity contribution in [3.8, 4) is 11.5 Å². The Labute approximate surface area is 92.9 Å². The van der Waals surface area contributed by atoms with Crippen molar-refractivity contribution in [2.24, 2.45) is 5.92 Å². The van der Waals surface area contributed by atoms with Gasteiger partial charge in [0.1, 0.15) is 11.5 Å². The van der Waals surface area contributed by atoms with E-state index in [1.54, 1.807) is 18.2 Å². The van der Waals surface area contributed by atoms with E-state index < -0.39 is 0 Å². The monoisotopic (exact) mass is 226 g/mol. The Morgan fingerprint density at radius 1 is 1.47 bits per heavy atom. The highest BCUT2D eigenvalue weighted by Gasteiger charge is 2.31. The molecule has 1 fully saturated rings. The van der Waals surface area contributed by atoms with Crippen LogP contribution < -0.4 is 9.47 Å². The SMILES string of the molecule is COc1ccc(OC(=O)C2CC2)cc1Cl. The molecule has 2 rings (SSSR count). The number of esters is 1. The molecule has 1 aliphatic carbocycles. The molecule has 0 heterocycles. The lowest BCUT2D eigenvalue weighted by atomic mass is 10.3. The van der Waals surface area contributed by atoms with Crippen LogP contribution in [0, 0.1) is 5.92 Å². The molecule has 0 radical (unpaired) electrons. The molecule has 0 aliphatic heterocycles. The van der Waals surface area contributed by atoms with E-state index in [9.17, 15) is 4.79 Å². The number of halogens is 1. The fraction of sp³-hybridized carbons (Fsp3) is 0.364. The second-order valence-electron chi connectivity index (χ2n) is 3.49. The zero-order valence-electron chi connectivity index (χ0n) is 8.33. The number of hydrogen-bond acceptors (Lipinski definition) is 3. The van der Waals surface area contributed by atoms with Gasteiger partial charge in [-0.05, 0) is 25.0 Å². The fourth-order valence-corrected chi connectivity index (χ4v) is 1.48. The van der Waals surface area contributed by atoms with E-state index in [1.165, 1.54) is 7.11 Å². The molecular weight excluding hydrogens is 216 g/mol. The maximum atomic E-state index is 11.3. The first-order chi connectivity index (χ1) is 7.20. The summed E-state index contributed by atoms with van der Waals surface area (Å²) in [5.41, 5.74) is 0. The van der Waals surface area contributed by atoms with Crippen LogP contribution in [0.3, 0.4) is 0 Å². The fourth-order valence-electron chi connectivity index (χ4n) is 1.23. The Morgan fingerprint density at radius 2 is 2.20 bits per heavy atom. The zero-order chi connectivity index (χ0) is 10.8. The van der Waals surface area contributed by atoms with Crippen LogP contribution in [0.5, 0.6) is 11.5 Å². The summed E-state index contributed by atoms with van der Waals surface area (Å²) in [5.74, 6) is 0.961. The normalized spacial score (nSPS) is 14.8. The first-order valence-electron chi connectivity index (χ1n) is 4.76. The molecule has 0 spiro atoms. The molecule has 3 nitrogen and oxygen atoms in total. The van der Waals surface area contributed by atoms with Crippen molar-refractivity contribution in [2.45, 2.75) is 12.8 Å². The third-order valence-corrected chi connectivity index (χ3v) is 2.55. The minimum absolute atomic E-state index is 0.0888. The van der Waals surface area contributed by atoms with Crippen molar-refractivity contribution in [1.82, 2.24) is 0 Å². The molecule has 1 aromatic carbocycles. The van der Waals surface area contributed by atoms with Crippen molar-refractivity contribution >= 4 is 17.6 Å². The molecule has 15 heavy (non-hydrogen) atoms. The van der Waals surface area contributed by atoms with Crippen molar-refractivity contribution in [2.75, 3.05) is 7.11 Å². The van der Waals surface area contributed by atoms with Gasteiger partial charge in [-0.3, -0.25) is 4.79 Å². The lowest BCUT2D eigenvalue weighted by Crippen LogP contribution is -2.09. The number of rotatable bonds is 3. The van der Waals surface area contributed by atoms with Crippen LogP contribution in [0.25, 0.3) is 0 Å². The molecule has 0 atom stereocenters. The van der Waals surface area contributed by atoms with Crippen LogP contribution in [0.2, 0.25) is 5.02 Å². The lowest BCUT2D eigenvalue weighted by molar-refractivity contribution is -0.135. The second-order valence-corrected chi connectivity index (χ2v) is 3.90. The molecule has 80 valence electrons. The average Bonchev–Trinajstić information content (AvgIpc) is 3.01. The summed E-state index contributed by atoms with van der Waals surface area (Å²) in [7, 11) is 1.54. The number of carbonyl (C=O) groups excluding carboxylic acids is 1. The van der Waals surface area contributed by atoms with E-state index >= 15 is 0 Å². The van der Waals surface area contributed by atoms with Crippen LogP contribution in [0.15, 0.2) is 18.2 Å². The van der Waals surface area contributed by atoms with E-state index in [-0.39, 0.29) is 11.9 Å². The predicted octanol–water partition coefficient (Wildman–Crippen LogP) is 2.66. The highest BCUT2D eigenvalue weighted by atomic mass is 35.5. The number of benzene rings is 1. The van der Waals surface area contributed by atoms with E-state index in [4.69, 9.17) is 21.1 Å². The molecule has 0 aromatic heterocycles. The third kappa shape index (κ3) is 2.42. The average molecular weight is 227 g/mol. The van der Waals surface area contributed by atoms with Gasteiger partial charge < -0.3 is 9.47 Å². The topological polar surface area (TPSA) is 35.5 Å². The maximum Gasteiger partial charge on any atom is 0.314 e. The smallest absolute Gasteiger partial charge is 0.314 e. The Kier molecular flexibility index (Phi) is 2.82. The van der Waals surface area contributed by atoms with E-state index in [0.717, 1.165) is 12.8 Å². The van der Waals surface area contributed by atoms with Gasteiger partial charge in [-0.15, -0.1) is 0 Å². The standard InChI is InChI=1S/C11H11ClO3/c1-14-10-5-4-8(6-9(10)12)15-11(13)7-2-3-7/h4-7H,2-3H2,1H3. The van der Waals surface area contributed by atoms with E-state index in [2.05, 4.69) is 0 Å². The van der Waals surface area contributed by atoms with Crippen molar-refractivity contribution in [1.29, 1.82) is 0 Å². The summed E-state index contributed by atoms with van der Waals surface area (Å²) in [6.45, 7) is 0. The van der Waals surface area contributed by atoms with Crippen LogP contribution in [-0.2, 0) is 4.79 Å². The quantitative estimate of drug-likeness (QED) is 0.587. The Morgan fingerprint density at radius 3 is 2.73 bits per heavy atom. The van der Waals surface area contributed by atoms with Crippen LogP contribution >= 0.6 is 11.6 Å². The number of ether oxygens (including phenoxy) is 2. The van der Waals surface area contributed by atoms with Gasteiger partial charge in [-0.25, -0.2) is 0 Å². The Bertz CT molecular complexity index is 385. The lowest BCUT2D eigenvalue weighted by Gasteiger charge is -2.06. The van der Waals surface area contributed by atoms with Gasteiger partial charge in [0.15, 0.2) is 0 Å². The molecule has 0 unspecified atom stereocenters. The summed E-state index contributed by atoms with van der Waals surface area (Å²) < 4.78 is 10.1. The number of hydrogen-bond donors (Lipinski definition) is 0. The Hall–Kier alpha value is -1.22. The van der Waals surface area contributed by atoms with Crippen LogP contribution in [-0.4, -0.2) is 13.1 Å². The van der Waals surface area contributed by atoms with E-state index in [1.807, 2.05) is 0 Å². The molecule has 1 saturated carbocycles. The summed E-state index contributed by atoms with van der Waals surface area (Å²) in [6, 6.07) is 4.93. The second kappa shape index (κ2) is 4.11. The molecule has 0 bridgehead atoms. The minimum Gasteiger partial charge on any atom is -0.495 e. The predicted molar refractivity (Wildman–Crippen MR) is 56.4 cm³/mol. The number of carbonyl (C=O) groups is 1. The van der Waals surface area contributed by atoms with Gasteiger partial charge in [0.05, 0.1) is 18.1 Å². The van der Waals surface area contributed by atoms with Crippen molar-refractivity contribution < 1.29 is 14.3 Å². The minimum atomic E-state index is -0.170. The van der Waals surface area contributed by atoms with Gasteiger partial charge in [0.25, 0.3) is 0 Å². The summed E-state index contributed by atoms with van der Waals surface area (Å²) >= 11 is 5.89. The Balaban J connectivity index is 2.08. The zero-order valence-corrected chi connectivity index (χ0v) is 9.08. The molecule has 1 aromatic rings. The van der Waals surface area contributed by atoms with Gasteiger partial charge in [0, 0.05) is 6.07 Å². The maximum absolute atomic E-state index is 11.3. The molecule has 0 amide bonds. The summed E-state index contributed by atoms with van der Waals surface area (Å²) in [6.07, 6.45) is 1.87. The van der Waals surface area contributed by atoms with Gasteiger partial charge >= 0.3 is 5.97 Å². The van der Waals surface area contributed by atoms with Gasteiger partial charge in [-0.2, -0.15) is 0 Å². The largest absolute Gasteiger partial charge is 0.495 e. The highest BCUT2D eigenvalue weighted by Crippen LogP contribution is 2.33. The van der Waals surface area contributed by atoms with Gasteiger partial charge in [0.2, 0.25) is 0 Å². The van der Waals surface area contributed by atoms with E-state index in [0.29, 0.717) is 16.5 Å². The highest BCUT2D eigenvalue weighted by molar-refractivity contribution is 6.32. The van der Waals surface area contributed by atoms with Crippen LogP contribution in [0.1, 0.15) is 12.8 Å². The van der Waals surface area contributed by atoms with Crippen molar-refractivity contribution in [3.05, 3.63) is 23.2 Å². The first kappa shape index (κ1) is 10.3. The van der Waals surface area contributed by atoms with Crippen molar-refractivity contribution in [3.63, 3.8) is 0 Å². The molecular formula is C11H11ClO3.